The van der Waals surface area contributed by atoms with Gasteiger partial charge in [-0.25, -0.2) is 4.98 Å². The number of rotatable bonds is 6. The minimum absolute atomic E-state index is 0.0554. The molecule has 7 nitrogen and oxygen atoms in total. The van der Waals surface area contributed by atoms with Crippen molar-refractivity contribution in [3.8, 4) is 17.2 Å². The molecule has 2 aromatic carbocycles. The summed E-state index contributed by atoms with van der Waals surface area (Å²) in [6, 6.07) is 12.5. The molecular weight excluding hydrogens is 370 g/mol. The molecular formula is C22H23N3O4. The van der Waals surface area contributed by atoms with E-state index in [2.05, 4.69) is 24.1 Å². The van der Waals surface area contributed by atoms with E-state index < -0.39 is 11.5 Å². The van der Waals surface area contributed by atoms with Crippen LogP contribution in [0.2, 0.25) is 0 Å². The summed E-state index contributed by atoms with van der Waals surface area (Å²) in [5.74, 6) is 0.802. The third-order valence-corrected chi connectivity index (χ3v) is 4.56. The molecule has 150 valence electrons. The lowest BCUT2D eigenvalue weighted by atomic mass is 10.0. The predicted octanol–water partition coefficient (Wildman–Crippen LogP) is 3.63. The molecule has 1 N–H and O–H groups in total. The lowest BCUT2D eigenvalue weighted by Crippen LogP contribution is -2.26. The summed E-state index contributed by atoms with van der Waals surface area (Å²) >= 11 is 0. The van der Waals surface area contributed by atoms with Crippen LogP contribution < -0.4 is 20.3 Å². The van der Waals surface area contributed by atoms with Gasteiger partial charge >= 0.3 is 0 Å². The normalized spacial score (nSPS) is 10.7. The summed E-state index contributed by atoms with van der Waals surface area (Å²) < 4.78 is 11.8. The molecule has 1 aromatic heterocycles. The molecule has 3 aromatic rings. The molecule has 1 heterocycles. The highest BCUT2D eigenvalue weighted by molar-refractivity contribution is 6.04. The first-order valence-corrected chi connectivity index (χ1v) is 9.16. The van der Waals surface area contributed by atoms with Gasteiger partial charge in [-0.15, -0.1) is 0 Å². The summed E-state index contributed by atoms with van der Waals surface area (Å²) in [7, 11) is 3.00. The van der Waals surface area contributed by atoms with E-state index in [1.807, 2.05) is 24.3 Å². The Balaban J connectivity index is 1.88. The molecule has 3 rings (SSSR count). The molecule has 0 aliphatic carbocycles. The zero-order valence-corrected chi connectivity index (χ0v) is 16.8. The second-order valence-corrected chi connectivity index (χ2v) is 6.72. The van der Waals surface area contributed by atoms with E-state index in [0.717, 1.165) is 0 Å². The third-order valence-electron chi connectivity index (χ3n) is 4.56. The molecule has 1 amide bonds. The fourth-order valence-electron chi connectivity index (χ4n) is 2.88. The fraction of sp³-hybridized carbons (Fsp3) is 0.227. The Morgan fingerprint density at radius 3 is 2.34 bits per heavy atom. The standard InChI is InChI=1S/C22H23N3O4/c1-14(2)15-5-8-17(9-6-15)25-12-11-23-20(22(25)27)24-21(26)16-7-10-18(28-3)19(13-16)29-4/h5-14H,1-4H3,(H,23,24,26). The Morgan fingerprint density at radius 2 is 1.72 bits per heavy atom. The third kappa shape index (κ3) is 4.29. The van der Waals surface area contributed by atoms with E-state index in [9.17, 15) is 9.59 Å². The summed E-state index contributed by atoms with van der Waals surface area (Å²) in [6.07, 6.45) is 3.04. The number of carbonyl (C=O) groups excluding carboxylic acids is 1. The molecule has 0 aliphatic rings. The molecule has 0 saturated heterocycles. The van der Waals surface area contributed by atoms with Gasteiger partial charge in [-0.05, 0) is 41.8 Å². The van der Waals surface area contributed by atoms with Crippen molar-refractivity contribution in [1.82, 2.24) is 9.55 Å². The van der Waals surface area contributed by atoms with Crippen molar-refractivity contribution < 1.29 is 14.3 Å². The Kier molecular flexibility index (Phi) is 5.97. The highest BCUT2D eigenvalue weighted by atomic mass is 16.5. The second kappa shape index (κ2) is 8.60. The number of aromatic nitrogens is 2. The van der Waals surface area contributed by atoms with Crippen molar-refractivity contribution in [2.45, 2.75) is 19.8 Å². The maximum absolute atomic E-state index is 12.8. The summed E-state index contributed by atoms with van der Waals surface area (Å²) in [5, 5.41) is 2.58. The minimum Gasteiger partial charge on any atom is -0.493 e. The molecule has 7 heteroatoms. The highest BCUT2D eigenvalue weighted by Crippen LogP contribution is 2.27. The van der Waals surface area contributed by atoms with Crippen LogP contribution in [0.3, 0.4) is 0 Å². The van der Waals surface area contributed by atoms with Gasteiger partial charge in [0.15, 0.2) is 17.3 Å². The SMILES string of the molecule is COc1ccc(C(=O)Nc2nccn(-c3ccc(C(C)C)cc3)c2=O)cc1OC. The average Bonchev–Trinajstić information content (AvgIpc) is 2.74. The van der Waals surface area contributed by atoms with E-state index >= 15 is 0 Å². The van der Waals surface area contributed by atoms with Gasteiger partial charge in [-0.3, -0.25) is 14.2 Å². The van der Waals surface area contributed by atoms with E-state index in [4.69, 9.17) is 9.47 Å². The van der Waals surface area contributed by atoms with Gasteiger partial charge in [0.25, 0.3) is 11.5 Å². The van der Waals surface area contributed by atoms with Crippen LogP contribution in [0.1, 0.15) is 35.7 Å². The first-order chi connectivity index (χ1) is 13.9. The number of nitrogens with zero attached hydrogens (tertiary/aromatic N) is 2. The van der Waals surface area contributed by atoms with Crippen molar-refractivity contribution >= 4 is 11.7 Å². The molecule has 29 heavy (non-hydrogen) atoms. The van der Waals surface area contributed by atoms with Gasteiger partial charge in [0.1, 0.15) is 0 Å². The Hall–Kier alpha value is -3.61. The maximum Gasteiger partial charge on any atom is 0.298 e. The van der Waals surface area contributed by atoms with Gasteiger partial charge in [0, 0.05) is 23.6 Å². The molecule has 0 saturated carbocycles. The first-order valence-electron chi connectivity index (χ1n) is 9.16. The van der Waals surface area contributed by atoms with Gasteiger partial charge < -0.3 is 14.8 Å². The number of ether oxygens (including phenoxy) is 2. The number of methoxy groups -OCH3 is 2. The van der Waals surface area contributed by atoms with Crippen LogP contribution in [0, 0.1) is 0 Å². The van der Waals surface area contributed by atoms with E-state index in [0.29, 0.717) is 28.7 Å². The lowest BCUT2D eigenvalue weighted by molar-refractivity contribution is 0.102. The Morgan fingerprint density at radius 1 is 1.03 bits per heavy atom. The van der Waals surface area contributed by atoms with Crippen LogP contribution in [0.25, 0.3) is 5.69 Å². The molecule has 0 unspecified atom stereocenters. The van der Waals surface area contributed by atoms with E-state index in [1.165, 1.54) is 30.5 Å². The number of amides is 1. The quantitative estimate of drug-likeness (QED) is 0.692. The van der Waals surface area contributed by atoms with Crippen LogP contribution in [-0.4, -0.2) is 29.7 Å². The number of benzene rings is 2. The number of carbonyl (C=O) groups is 1. The molecule has 0 radical (unpaired) electrons. The van der Waals surface area contributed by atoms with E-state index in [1.54, 1.807) is 24.4 Å². The van der Waals surface area contributed by atoms with Crippen LogP contribution in [0.5, 0.6) is 11.5 Å². The summed E-state index contributed by atoms with van der Waals surface area (Å²) in [6.45, 7) is 4.21. The van der Waals surface area contributed by atoms with Crippen LogP contribution in [0.15, 0.2) is 59.7 Å². The first kappa shape index (κ1) is 20.1. The zero-order valence-electron chi connectivity index (χ0n) is 16.8. The van der Waals surface area contributed by atoms with Crippen molar-refractivity contribution in [3.63, 3.8) is 0 Å². The lowest BCUT2D eigenvalue weighted by Gasteiger charge is -2.11. The van der Waals surface area contributed by atoms with Crippen molar-refractivity contribution in [2.75, 3.05) is 19.5 Å². The van der Waals surface area contributed by atoms with Crippen molar-refractivity contribution in [1.29, 1.82) is 0 Å². The minimum atomic E-state index is -0.469. The van der Waals surface area contributed by atoms with Gasteiger partial charge in [-0.1, -0.05) is 26.0 Å². The smallest absolute Gasteiger partial charge is 0.298 e. The van der Waals surface area contributed by atoms with Crippen LogP contribution >= 0.6 is 0 Å². The second-order valence-electron chi connectivity index (χ2n) is 6.72. The largest absolute Gasteiger partial charge is 0.493 e. The maximum atomic E-state index is 12.8. The molecule has 0 bridgehead atoms. The Bertz CT molecular complexity index is 1070. The topological polar surface area (TPSA) is 82.5 Å². The number of hydrogen-bond acceptors (Lipinski definition) is 5. The molecule has 0 aliphatic heterocycles. The number of anilines is 1. The van der Waals surface area contributed by atoms with Crippen molar-refractivity contribution in [3.05, 3.63) is 76.3 Å². The van der Waals surface area contributed by atoms with Crippen molar-refractivity contribution in [2.24, 2.45) is 0 Å². The van der Waals surface area contributed by atoms with Crippen LogP contribution in [0.4, 0.5) is 5.82 Å². The van der Waals surface area contributed by atoms with E-state index in [-0.39, 0.29) is 5.82 Å². The summed E-state index contributed by atoms with van der Waals surface area (Å²) in [5.41, 5.74) is 1.78. The van der Waals surface area contributed by atoms with Crippen LogP contribution in [-0.2, 0) is 0 Å². The molecule has 0 spiro atoms. The van der Waals surface area contributed by atoms with Gasteiger partial charge in [-0.2, -0.15) is 0 Å². The van der Waals surface area contributed by atoms with Gasteiger partial charge in [0.05, 0.1) is 14.2 Å². The highest BCUT2D eigenvalue weighted by Gasteiger charge is 2.14. The Labute approximate surface area is 168 Å². The fourth-order valence-corrected chi connectivity index (χ4v) is 2.88. The number of hydrogen-bond donors (Lipinski definition) is 1. The monoisotopic (exact) mass is 393 g/mol. The predicted molar refractivity (Wildman–Crippen MR) is 111 cm³/mol. The number of nitrogens with one attached hydrogen (secondary N) is 1. The summed E-state index contributed by atoms with van der Waals surface area (Å²) in [4.78, 5) is 29.5. The van der Waals surface area contributed by atoms with Gasteiger partial charge in [0.2, 0.25) is 0 Å². The molecule has 0 atom stereocenters. The molecule has 0 fully saturated rings. The zero-order chi connectivity index (χ0) is 21.0. The average molecular weight is 393 g/mol.